The molecule has 0 radical (unpaired) electrons. The maximum atomic E-state index is 3.15. The Balaban J connectivity index is 2.97. The highest BCUT2D eigenvalue weighted by molar-refractivity contribution is 4.55. The minimum atomic E-state index is 0.608. The van der Waals surface area contributed by atoms with Crippen LogP contribution in [0.4, 0.5) is 0 Å². The van der Waals surface area contributed by atoms with Gasteiger partial charge in [-0.15, -0.1) is 0 Å². The second-order valence-electron chi connectivity index (χ2n) is 2.79. The molecule has 0 saturated carbocycles. The van der Waals surface area contributed by atoms with Gasteiger partial charge in [-0.25, -0.2) is 0 Å². The highest BCUT2D eigenvalue weighted by Crippen LogP contribution is 2.01. The van der Waals surface area contributed by atoms with Crippen molar-refractivity contribution < 1.29 is 0 Å². The molecule has 1 unspecified atom stereocenters. The van der Waals surface area contributed by atoms with Gasteiger partial charge in [-0.05, 0) is 20.4 Å². The second-order valence-corrected chi connectivity index (χ2v) is 2.79. The van der Waals surface area contributed by atoms with E-state index in [-0.39, 0.29) is 0 Å². The van der Waals surface area contributed by atoms with Crippen LogP contribution >= 0.6 is 0 Å². The molecule has 0 saturated heterocycles. The monoisotopic (exact) mass is 144 g/mol. The lowest BCUT2D eigenvalue weighted by atomic mass is 10.1. The summed E-state index contributed by atoms with van der Waals surface area (Å²) in [5.74, 6) is 0. The molecule has 0 aromatic rings. The molecule has 0 fully saturated rings. The van der Waals surface area contributed by atoms with E-state index in [4.69, 9.17) is 0 Å². The Morgan fingerprint density at radius 3 is 2.50 bits per heavy atom. The molecule has 0 bridgehead atoms. The summed E-state index contributed by atoms with van der Waals surface area (Å²) in [6.45, 7) is 4.43. The van der Waals surface area contributed by atoms with Gasteiger partial charge >= 0.3 is 0 Å². The van der Waals surface area contributed by atoms with Crippen molar-refractivity contribution in [2.45, 2.75) is 45.6 Å². The highest BCUT2D eigenvalue weighted by Gasteiger charge is 1.96. The first-order valence-corrected chi connectivity index (χ1v) is 4.23. The standard InChI is InChI=1S/C8H20N2/c1-4-5-6-7-8(2)10-9-3/h8-10H,4-7H2,1-3H3. The molecular formula is C8H20N2. The van der Waals surface area contributed by atoms with Crippen LogP contribution in [-0.2, 0) is 0 Å². The van der Waals surface area contributed by atoms with Gasteiger partial charge in [-0.3, -0.25) is 10.9 Å². The summed E-state index contributed by atoms with van der Waals surface area (Å²) in [5, 5.41) is 0. The number of nitrogens with one attached hydrogen (secondary N) is 2. The van der Waals surface area contributed by atoms with E-state index in [1.807, 2.05) is 7.05 Å². The smallest absolute Gasteiger partial charge is 0.0184 e. The predicted octanol–water partition coefficient (Wildman–Crippen LogP) is 1.68. The van der Waals surface area contributed by atoms with Crippen molar-refractivity contribution in [2.75, 3.05) is 7.05 Å². The second kappa shape index (κ2) is 7.03. The largest absolute Gasteiger partial charge is 0.261 e. The van der Waals surface area contributed by atoms with Crippen LogP contribution < -0.4 is 10.9 Å². The molecule has 0 rings (SSSR count). The normalized spacial score (nSPS) is 13.5. The third-order valence-electron chi connectivity index (χ3n) is 1.63. The van der Waals surface area contributed by atoms with Crippen molar-refractivity contribution in [1.29, 1.82) is 0 Å². The van der Waals surface area contributed by atoms with E-state index < -0.39 is 0 Å². The van der Waals surface area contributed by atoms with Gasteiger partial charge in [0.15, 0.2) is 0 Å². The SMILES string of the molecule is CCCCCC(C)NNC. The van der Waals surface area contributed by atoms with E-state index in [1.54, 1.807) is 0 Å². The topological polar surface area (TPSA) is 24.1 Å². The summed E-state index contributed by atoms with van der Waals surface area (Å²) in [6.07, 6.45) is 5.28. The molecule has 0 heterocycles. The average molecular weight is 144 g/mol. The lowest BCUT2D eigenvalue weighted by Gasteiger charge is -2.11. The molecule has 1 atom stereocenters. The van der Waals surface area contributed by atoms with Crippen LogP contribution in [0.3, 0.4) is 0 Å². The Kier molecular flexibility index (Phi) is 6.98. The van der Waals surface area contributed by atoms with Crippen LogP contribution in [0, 0.1) is 0 Å². The number of hydrazine groups is 1. The Morgan fingerprint density at radius 2 is 2.00 bits per heavy atom. The minimum Gasteiger partial charge on any atom is -0.261 e. The summed E-state index contributed by atoms with van der Waals surface area (Å²) < 4.78 is 0. The van der Waals surface area contributed by atoms with Crippen LogP contribution in [0.5, 0.6) is 0 Å². The predicted molar refractivity (Wildman–Crippen MR) is 45.8 cm³/mol. The first-order valence-electron chi connectivity index (χ1n) is 4.23. The molecule has 0 aromatic heterocycles. The van der Waals surface area contributed by atoms with Crippen LogP contribution in [0.15, 0.2) is 0 Å². The molecule has 2 heteroatoms. The van der Waals surface area contributed by atoms with E-state index >= 15 is 0 Å². The lowest BCUT2D eigenvalue weighted by Crippen LogP contribution is -2.35. The van der Waals surface area contributed by atoms with Crippen LogP contribution in [0.2, 0.25) is 0 Å². The van der Waals surface area contributed by atoms with Gasteiger partial charge in [0.25, 0.3) is 0 Å². The maximum absolute atomic E-state index is 3.15. The van der Waals surface area contributed by atoms with E-state index in [0.29, 0.717) is 6.04 Å². The molecule has 0 aliphatic carbocycles. The average Bonchev–Trinajstić information content (AvgIpc) is 1.89. The highest BCUT2D eigenvalue weighted by atomic mass is 15.3. The summed E-state index contributed by atoms with van der Waals surface area (Å²) in [4.78, 5) is 0. The van der Waals surface area contributed by atoms with Crippen molar-refractivity contribution >= 4 is 0 Å². The summed E-state index contributed by atoms with van der Waals surface area (Å²) in [6, 6.07) is 0.608. The lowest BCUT2D eigenvalue weighted by molar-refractivity contribution is 0.445. The summed E-state index contributed by atoms with van der Waals surface area (Å²) in [5.41, 5.74) is 6.10. The summed E-state index contributed by atoms with van der Waals surface area (Å²) in [7, 11) is 1.91. The molecule has 2 nitrogen and oxygen atoms in total. The molecule has 2 N–H and O–H groups in total. The van der Waals surface area contributed by atoms with E-state index in [0.717, 1.165) is 0 Å². The number of hydrogen-bond donors (Lipinski definition) is 2. The van der Waals surface area contributed by atoms with Gasteiger partial charge in [-0.2, -0.15) is 0 Å². The fraction of sp³-hybridized carbons (Fsp3) is 1.00. The first-order chi connectivity index (χ1) is 4.81. The quantitative estimate of drug-likeness (QED) is 0.438. The molecule has 0 aromatic carbocycles. The van der Waals surface area contributed by atoms with Crippen molar-refractivity contribution in [1.82, 2.24) is 10.9 Å². The Bertz CT molecular complexity index is 64.3. The van der Waals surface area contributed by atoms with Crippen LogP contribution in [-0.4, -0.2) is 13.1 Å². The van der Waals surface area contributed by atoms with Crippen molar-refractivity contribution in [3.05, 3.63) is 0 Å². The molecular weight excluding hydrogens is 124 g/mol. The fourth-order valence-electron chi connectivity index (χ4n) is 1.02. The van der Waals surface area contributed by atoms with Gasteiger partial charge in [0.2, 0.25) is 0 Å². The maximum Gasteiger partial charge on any atom is 0.0184 e. The van der Waals surface area contributed by atoms with Crippen LogP contribution in [0.25, 0.3) is 0 Å². The molecule has 0 amide bonds. The van der Waals surface area contributed by atoms with Gasteiger partial charge in [0.1, 0.15) is 0 Å². The van der Waals surface area contributed by atoms with Gasteiger partial charge in [0.05, 0.1) is 0 Å². The Hall–Kier alpha value is -0.0800. The summed E-state index contributed by atoms with van der Waals surface area (Å²) >= 11 is 0. The zero-order valence-electron chi connectivity index (χ0n) is 7.41. The van der Waals surface area contributed by atoms with Crippen molar-refractivity contribution in [3.8, 4) is 0 Å². The number of hydrogen-bond acceptors (Lipinski definition) is 2. The zero-order valence-corrected chi connectivity index (χ0v) is 7.41. The molecule has 0 spiro atoms. The fourth-order valence-corrected chi connectivity index (χ4v) is 1.02. The third kappa shape index (κ3) is 6.05. The molecule has 10 heavy (non-hydrogen) atoms. The third-order valence-corrected chi connectivity index (χ3v) is 1.63. The van der Waals surface area contributed by atoms with Crippen LogP contribution in [0.1, 0.15) is 39.5 Å². The van der Waals surface area contributed by atoms with Gasteiger partial charge in [0, 0.05) is 6.04 Å². The van der Waals surface area contributed by atoms with Gasteiger partial charge < -0.3 is 0 Å². The van der Waals surface area contributed by atoms with Gasteiger partial charge in [-0.1, -0.05) is 26.2 Å². The van der Waals surface area contributed by atoms with Crippen molar-refractivity contribution in [3.63, 3.8) is 0 Å². The Labute approximate surface area is 64.4 Å². The zero-order chi connectivity index (χ0) is 7.82. The van der Waals surface area contributed by atoms with Crippen molar-refractivity contribution in [2.24, 2.45) is 0 Å². The Morgan fingerprint density at radius 1 is 1.30 bits per heavy atom. The van der Waals surface area contributed by atoms with E-state index in [1.165, 1.54) is 25.7 Å². The number of unbranched alkanes of at least 4 members (excludes halogenated alkanes) is 2. The molecule has 62 valence electrons. The first kappa shape index (κ1) is 9.92. The molecule has 0 aliphatic rings. The molecule has 0 aliphatic heterocycles. The minimum absolute atomic E-state index is 0.608. The van der Waals surface area contributed by atoms with E-state index in [9.17, 15) is 0 Å². The number of rotatable bonds is 6. The van der Waals surface area contributed by atoms with E-state index in [2.05, 4.69) is 24.7 Å².